The van der Waals surface area contributed by atoms with Crippen molar-refractivity contribution < 1.29 is 19.3 Å². The highest BCUT2D eigenvalue weighted by Gasteiger charge is 2.43. The first kappa shape index (κ1) is 25.3. The molecule has 7 heteroatoms. The number of nitrogens with zero attached hydrogens (tertiary/aromatic N) is 3. The van der Waals surface area contributed by atoms with Gasteiger partial charge in [0.05, 0.1) is 25.9 Å². The van der Waals surface area contributed by atoms with E-state index in [1.165, 1.54) is 18.4 Å². The number of nitriles is 1. The molecule has 1 aliphatic heterocycles. The van der Waals surface area contributed by atoms with Gasteiger partial charge in [0.2, 0.25) is 0 Å². The molecule has 0 spiro atoms. The zero-order valence-corrected chi connectivity index (χ0v) is 21.0. The van der Waals surface area contributed by atoms with Crippen LogP contribution in [-0.2, 0) is 6.42 Å². The molecule has 2 fully saturated rings. The summed E-state index contributed by atoms with van der Waals surface area (Å²) < 4.78 is 16.5. The fourth-order valence-corrected chi connectivity index (χ4v) is 5.82. The Bertz CT molecular complexity index is 992. The van der Waals surface area contributed by atoms with Crippen molar-refractivity contribution in [3.63, 3.8) is 0 Å². The molecule has 2 aliphatic rings. The lowest BCUT2D eigenvalue weighted by Gasteiger charge is -2.43. The van der Waals surface area contributed by atoms with Gasteiger partial charge < -0.3 is 24.2 Å². The third-order valence-electron chi connectivity index (χ3n) is 7.46. The lowest BCUT2D eigenvalue weighted by Crippen LogP contribution is -2.53. The number of likely N-dealkylation sites (tertiary alicyclic amines) is 1. The standard InChI is InChI=1S/C28H37N3O4/c1-30(13-12-20-6-11-26(33-2)27(14-20)34-3)28-22-7-8-23(28)17-31(16-22)18-24(32)19-35-25-9-4-21(15-29)5-10-25/h4-6,9-11,14,22-24,28,32H,7-8,12-13,16-19H2,1-3H3. The molecule has 3 unspecified atom stereocenters. The quantitative estimate of drug-likeness (QED) is 0.530. The van der Waals surface area contributed by atoms with Gasteiger partial charge in [0.15, 0.2) is 11.5 Å². The van der Waals surface area contributed by atoms with Crippen LogP contribution in [0, 0.1) is 23.2 Å². The first-order valence-corrected chi connectivity index (χ1v) is 12.4. The molecule has 0 radical (unpaired) electrons. The molecule has 188 valence electrons. The minimum absolute atomic E-state index is 0.256. The lowest BCUT2D eigenvalue weighted by molar-refractivity contribution is 0.0193. The maximum Gasteiger partial charge on any atom is 0.160 e. The average Bonchev–Trinajstić information content (AvgIpc) is 3.16. The number of piperidine rings is 1. The van der Waals surface area contributed by atoms with Crippen molar-refractivity contribution in [3.8, 4) is 23.3 Å². The van der Waals surface area contributed by atoms with Gasteiger partial charge >= 0.3 is 0 Å². The zero-order valence-electron chi connectivity index (χ0n) is 21.0. The van der Waals surface area contributed by atoms with Gasteiger partial charge in [0.25, 0.3) is 0 Å². The van der Waals surface area contributed by atoms with E-state index in [0.717, 1.165) is 37.6 Å². The molecule has 35 heavy (non-hydrogen) atoms. The summed E-state index contributed by atoms with van der Waals surface area (Å²) in [5.41, 5.74) is 1.86. The number of β-amino-alcohol motifs (C(OH)–C–C–N with tert-alkyl or cyclic N) is 1. The average molecular weight is 480 g/mol. The number of benzene rings is 2. The molecule has 4 rings (SSSR count). The molecule has 1 saturated carbocycles. The molecule has 2 aromatic carbocycles. The van der Waals surface area contributed by atoms with Crippen LogP contribution in [0.4, 0.5) is 0 Å². The molecule has 7 nitrogen and oxygen atoms in total. The van der Waals surface area contributed by atoms with E-state index in [4.69, 9.17) is 19.5 Å². The molecule has 1 heterocycles. The van der Waals surface area contributed by atoms with Gasteiger partial charge in [-0.2, -0.15) is 5.26 Å². The fourth-order valence-electron chi connectivity index (χ4n) is 5.82. The minimum Gasteiger partial charge on any atom is -0.493 e. The fraction of sp³-hybridized carbons (Fsp3) is 0.536. The third kappa shape index (κ3) is 6.26. The van der Waals surface area contributed by atoms with Crippen molar-refractivity contribution in [2.24, 2.45) is 11.8 Å². The number of rotatable bonds is 11. The molecule has 1 saturated heterocycles. The Labute approximate surface area is 208 Å². The maximum atomic E-state index is 10.6. The van der Waals surface area contributed by atoms with Crippen LogP contribution in [-0.4, -0.2) is 81.1 Å². The number of methoxy groups -OCH3 is 2. The third-order valence-corrected chi connectivity index (χ3v) is 7.46. The zero-order chi connectivity index (χ0) is 24.8. The van der Waals surface area contributed by atoms with Crippen molar-refractivity contribution in [2.45, 2.75) is 31.4 Å². The minimum atomic E-state index is -0.538. The van der Waals surface area contributed by atoms with E-state index in [2.05, 4.69) is 35.0 Å². The van der Waals surface area contributed by atoms with Crippen LogP contribution in [0.15, 0.2) is 42.5 Å². The summed E-state index contributed by atoms with van der Waals surface area (Å²) in [5.74, 6) is 3.49. The SMILES string of the molecule is COc1ccc(CCN(C)C2C3CCC2CN(CC(O)COc2ccc(C#N)cc2)C3)cc1OC. The van der Waals surface area contributed by atoms with E-state index < -0.39 is 6.10 Å². The molecule has 0 amide bonds. The Morgan fingerprint density at radius 1 is 1.06 bits per heavy atom. The largest absolute Gasteiger partial charge is 0.493 e. The van der Waals surface area contributed by atoms with E-state index in [1.54, 1.807) is 38.5 Å². The van der Waals surface area contributed by atoms with Gasteiger partial charge in [-0.15, -0.1) is 0 Å². The van der Waals surface area contributed by atoms with Crippen LogP contribution < -0.4 is 14.2 Å². The second kappa shape index (κ2) is 11.8. The van der Waals surface area contributed by atoms with Crippen LogP contribution in [0.1, 0.15) is 24.0 Å². The number of likely N-dealkylation sites (N-methyl/N-ethyl adjacent to an activating group) is 1. The highest BCUT2D eigenvalue weighted by molar-refractivity contribution is 5.43. The molecule has 3 atom stereocenters. The van der Waals surface area contributed by atoms with Gasteiger partial charge in [0.1, 0.15) is 18.5 Å². The predicted octanol–water partition coefficient (Wildman–Crippen LogP) is 3.20. The number of fused-ring (bicyclic) bond motifs is 2. The second-order valence-corrected chi connectivity index (χ2v) is 9.83. The second-order valence-electron chi connectivity index (χ2n) is 9.83. The van der Waals surface area contributed by atoms with E-state index in [9.17, 15) is 5.11 Å². The van der Waals surface area contributed by atoms with E-state index in [0.29, 0.717) is 35.7 Å². The summed E-state index contributed by atoms with van der Waals surface area (Å²) in [6.45, 7) is 3.94. The highest BCUT2D eigenvalue weighted by atomic mass is 16.5. The van der Waals surface area contributed by atoms with Crippen molar-refractivity contribution in [1.82, 2.24) is 9.80 Å². The van der Waals surface area contributed by atoms with Crippen LogP contribution in [0.3, 0.4) is 0 Å². The summed E-state index contributed by atoms with van der Waals surface area (Å²) >= 11 is 0. The van der Waals surface area contributed by atoms with Crippen LogP contribution in [0.25, 0.3) is 0 Å². The predicted molar refractivity (Wildman–Crippen MR) is 135 cm³/mol. The van der Waals surface area contributed by atoms with Gasteiger partial charge in [-0.05, 0) is 80.1 Å². The molecule has 2 aromatic rings. The first-order valence-electron chi connectivity index (χ1n) is 12.4. The number of aliphatic hydroxyl groups excluding tert-OH is 1. The van der Waals surface area contributed by atoms with Crippen molar-refractivity contribution in [3.05, 3.63) is 53.6 Å². The Kier molecular flexibility index (Phi) is 8.50. The molecule has 1 N–H and O–H groups in total. The Balaban J connectivity index is 1.24. The monoisotopic (exact) mass is 479 g/mol. The topological polar surface area (TPSA) is 78.2 Å². The molecule has 0 aromatic heterocycles. The van der Waals surface area contributed by atoms with E-state index in [1.807, 2.05) is 6.07 Å². The maximum absolute atomic E-state index is 10.6. The lowest BCUT2D eigenvalue weighted by atomic mass is 9.90. The summed E-state index contributed by atoms with van der Waals surface area (Å²) in [6.07, 6.45) is 2.95. The Hall–Kier alpha value is -2.79. The molecular formula is C28H37N3O4. The van der Waals surface area contributed by atoms with Crippen molar-refractivity contribution in [1.29, 1.82) is 5.26 Å². The van der Waals surface area contributed by atoms with E-state index >= 15 is 0 Å². The van der Waals surface area contributed by atoms with E-state index in [-0.39, 0.29) is 6.61 Å². The molecule has 2 bridgehead atoms. The van der Waals surface area contributed by atoms with Crippen molar-refractivity contribution >= 4 is 0 Å². The smallest absolute Gasteiger partial charge is 0.160 e. The molecular weight excluding hydrogens is 442 g/mol. The van der Waals surface area contributed by atoms with Crippen LogP contribution >= 0.6 is 0 Å². The van der Waals surface area contributed by atoms with Gasteiger partial charge in [-0.1, -0.05) is 6.07 Å². The van der Waals surface area contributed by atoms with Gasteiger partial charge in [0, 0.05) is 32.2 Å². The summed E-state index contributed by atoms with van der Waals surface area (Å²) in [5, 5.41) is 19.5. The Morgan fingerprint density at radius 3 is 2.37 bits per heavy atom. The van der Waals surface area contributed by atoms with Crippen molar-refractivity contribution in [2.75, 3.05) is 54.1 Å². The summed E-state index contributed by atoms with van der Waals surface area (Å²) in [6, 6.07) is 15.9. The number of ether oxygens (including phenoxy) is 3. The number of hydrogen-bond acceptors (Lipinski definition) is 7. The summed E-state index contributed by atoms with van der Waals surface area (Å²) in [7, 11) is 5.59. The number of aliphatic hydroxyl groups is 1. The molecule has 1 aliphatic carbocycles. The summed E-state index contributed by atoms with van der Waals surface area (Å²) in [4.78, 5) is 4.95. The van der Waals surface area contributed by atoms with Gasteiger partial charge in [-0.25, -0.2) is 0 Å². The normalized spacial score (nSPS) is 22.6. The van der Waals surface area contributed by atoms with Crippen LogP contribution in [0.5, 0.6) is 17.2 Å². The number of hydrogen-bond donors (Lipinski definition) is 1. The van der Waals surface area contributed by atoms with Crippen LogP contribution in [0.2, 0.25) is 0 Å². The highest BCUT2D eigenvalue weighted by Crippen LogP contribution is 2.39. The first-order chi connectivity index (χ1) is 17.0. The Morgan fingerprint density at radius 2 is 1.74 bits per heavy atom. The van der Waals surface area contributed by atoms with Gasteiger partial charge in [-0.3, -0.25) is 4.90 Å².